The average Bonchev–Trinajstić information content (AvgIpc) is 2.47. The fraction of sp³-hybridized carbons (Fsp3) is 0.571. The van der Waals surface area contributed by atoms with Gasteiger partial charge in [0, 0.05) is 32.9 Å². The van der Waals surface area contributed by atoms with E-state index in [1.165, 1.54) is 10.7 Å². The Morgan fingerprint density at radius 2 is 1.95 bits per heavy atom. The molecular formula is C14H23N3O2S. The Hall–Kier alpha value is -1.11. The summed E-state index contributed by atoms with van der Waals surface area (Å²) in [6, 6.07) is 7.12. The van der Waals surface area contributed by atoms with E-state index in [2.05, 4.69) is 4.90 Å². The fourth-order valence-corrected chi connectivity index (χ4v) is 3.43. The molecule has 20 heavy (non-hydrogen) atoms. The van der Waals surface area contributed by atoms with Crippen LogP contribution in [0.4, 0.5) is 5.69 Å². The Morgan fingerprint density at radius 1 is 1.30 bits per heavy atom. The molecule has 0 spiro atoms. The summed E-state index contributed by atoms with van der Waals surface area (Å²) in [7, 11) is -0.262. The first-order valence-electron chi connectivity index (χ1n) is 6.92. The summed E-state index contributed by atoms with van der Waals surface area (Å²) in [6.07, 6.45) is 2.32. The van der Waals surface area contributed by atoms with E-state index in [1.54, 1.807) is 26.2 Å². The monoisotopic (exact) mass is 297 g/mol. The molecule has 0 aliphatic carbocycles. The Labute approximate surface area is 121 Å². The first-order chi connectivity index (χ1) is 9.45. The lowest BCUT2D eigenvalue weighted by Gasteiger charge is -2.34. The quantitative estimate of drug-likeness (QED) is 0.904. The maximum absolute atomic E-state index is 12.0. The number of benzene rings is 1. The molecule has 1 heterocycles. The normalized spacial score (nSPS) is 20.4. The van der Waals surface area contributed by atoms with Gasteiger partial charge in [0.25, 0.3) is 0 Å². The summed E-state index contributed by atoms with van der Waals surface area (Å²) < 4.78 is 25.3. The summed E-state index contributed by atoms with van der Waals surface area (Å²) in [5.41, 5.74) is 6.82. The highest BCUT2D eigenvalue weighted by atomic mass is 32.2. The topological polar surface area (TPSA) is 66.6 Å². The molecule has 0 saturated carbocycles. The number of anilines is 1. The van der Waals surface area contributed by atoms with Gasteiger partial charge >= 0.3 is 0 Å². The van der Waals surface area contributed by atoms with Crippen LogP contribution >= 0.6 is 0 Å². The predicted molar refractivity (Wildman–Crippen MR) is 81.3 cm³/mol. The third kappa shape index (κ3) is 3.13. The molecule has 0 amide bonds. The van der Waals surface area contributed by atoms with Gasteiger partial charge in [-0.3, -0.25) is 0 Å². The van der Waals surface area contributed by atoms with Crippen molar-refractivity contribution in [1.29, 1.82) is 0 Å². The molecule has 1 aromatic carbocycles. The lowest BCUT2D eigenvalue weighted by Crippen LogP contribution is -2.38. The van der Waals surface area contributed by atoms with Crippen LogP contribution in [0.5, 0.6) is 0 Å². The summed E-state index contributed by atoms with van der Waals surface area (Å²) in [5.74, 6) is 0.536. The second-order valence-corrected chi connectivity index (χ2v) is 7.62. The molecular weight excluding hydrogens is 274 g/mol. The molecule has 6 heteroatoms. The van der Waals surface area contributed by atoms with Gasteiger partial charge in [-0.2, -0.15) is 0 Å². The molecule has 0 radical (unpaired) electrons. The molecule has 5 nitrogen and oxygen atoms in total. The largest absolute Gasteiger partial charge is 0.371 e. The van der Waals surface area contributed by atoms with E-state index in [-0.39, 0.29) is 0 Å². The van der Waals surface area contributed by atoms with Crippen LogP contribution in [0.1, 0.15) is 12.8 Å². The highest BCUT2D eigenvalue weighted by Crippen LogP contribution is 2.24. The van der Waals surface area contributed by atoms with Gasteiger partial charge in [-0.1, -0.05) is 0 Å². The average molecular weight is 297 g/mol. The van der Waals surface area contributed by atoms with E-state index in [9.17, 15) is 8.42 Å². The maximum Gasteiger partial charge on any atom is 0.242 e. The highest BCUT2D eigenvalue weighted by Gasteiger charge is 2.20. The fourth-order valence-electron chi connectivity index (χ4n) is 2.53. The van der Waals surface area contributed by atoms with Crippen molar-refractivity contribution in [3.63, 3.8) is 0 Å². The van der Waals surface area contributed by atoms with Gasteiger partial charge in [0.05, 0.1) is 4.90 Å². The van der Waals surface area contributed by atoms with Crippen molar-refractivity contribution in [2.75, 3.05) is 38.6 Å². The van der Waals surface area contributed by atoms with Crippen LogP contribution in [-0.4, -0.2) is 46.5 Å². The lowest BCUT2D eigenvalue weighted by molar-refractivity contribution is 0.423. The summed E-state index contributed by atoms with van der Waals surface area (Å²) in [4.78, 5) is 2.62. The van der Waals surface area contributed by atoms with Gasteiger partial charge in [-0.15, -0.1) is 0 Å². The number of sulfonamides is 1. The van der Waals surface area contributed by atoms with Crippen LogP contribution in [0.3, 0.4) is 0 Å². The highest BCUT2D eigenvalue weighted by molar-refractivity contribution is 7.89. The standard InChI is InChI=1S/C14H23N3O2S/c1-16(2)20(18,19)14-7-5-13(6-8-14)17-9-3-4-12(10-15)11-17/h5-8,12H,3-4,9-11,15H2,1-2H3. The number of hydrogen-bond acceptors (Lipinski definition) is 4. The number of hydrogen-bond donors (Lipinski definition) is 1. The molecule has 0 aromatic heterocycles. The molecule has 112 valence electrons. The molecule has 2 N–H and O–H groups in total. The predicted octanol–water partition coefficient (Wildman–Crippen LogP) is 1.11. The van der Waals surface area contributed by atoms with Crippen LogP contribution in [0.15, 0.2) is 29.2 Å². The minimum Gasteiger partial charge on any atom is -0.371 e. The number of nitrogens with zero attached hydrogens (tertiary/aromatic N) is 2. The third-order valence-corrected chi connectivity index (χ3v) is 5.66. The van der Waals surface area contributed by atoms with Crippen molar-refractivity contribution in [2.24, 2.45) is 11.7 Å². The number of rotatable bonds is 4. The van der Waals surface area contributed by atoms with Gasteiger partial charge in [-0.25, -0.2) is 12.7 Å². The van der Waals surface area contributed by atoms with Crippen LogP contribution in [0.2, 0.25) is 0 Å². The summed E-state index contributed by atoms with van der Waals surface area (Å²) in [5, 5.41) is 0. The maximum atomic E-state index is 12.0. The Bertz CT molecular complexity index is 540. The SMILES string of the molecule is CN(C)S(=O)(=O)c1ccc(N2CCCC(CN)C2)cc1. The van der Waals surface area contributed by atoms with E-state index in [0.717, 1.165) is 25.2 Å². The van der Waals surface area contributed by atoms with E-state index in [0.29, 0.717) is 17.4 Å². The van der Waals surface area contributed by atoms with Gasteiger partial charge in [-0.05, 0) is 49.6 Å². The molecule has 1 aliphatic heterocycles. The molecule has 1 atom stereocenters. The minimum absolute atomic E-state index is 0.332. The van der Waals surface area contributed by atoms with E-state index in [1.807, 2.05) is 12.1 Å². The van der Waals surface area contributed by atoms with Gasteiger partial charge in [0.1, 0.15) is 0 Å². The summed E-state index contributed by atoms with van der Waals surface area (Å²) in [6.45, 7) is 2.68. The van der Waals surface area contributed by atoms with Crippen molar-refractivity contribution in [1.82, 2.24) is 4.31 Å². The van der Waals surface area contributed by atoms with Crippen molar-refractivity contribution >= 4 is 15.7 Å². The van der Waals surface area contributed by atoms with E-state index < -0.39 is 10.0 Å². The second-order valence-electron chi connectivity index (χ2n) is 5.47. The lowest BCUT2D eigenvalue weighted by atomic mass is 9.98. The second kappa shape index (κ2) is 6.11. The van der Waals surface area contributed by atoms with Crippen LogP contribution in [0.25, 0.3) is 0 Å². The Balaban J connectivity index is 2.16. The van der Waals surface area contributed by atoms with Crippen molar-refractivity contribution < 1.29 is 8.42 Å². The summed E-state index contributed by atoms with van der Waals surface area (Å²) >= 11 is 0. The van der Waals surface area contributed by atoms with Crippen molar-refractivity contribution in [3.8, 4) is 0 Å². The molecule has 1 unspecified atom stereocenters. The molecule has 0 bridgehead atoms. The zero-order valence-corrected chi connectivity index (χ0v) is 12.9. The Morgan fingerprint density at radius 3 is 2.50 bits per heavy atom. The number of nitrogens with two attached hydrogens (primary N) is 1. The first-order valence-corrected chi connectivity index (χ1v) is 8.36. The van der Waals surface area contributed by atoms with Crippen LogP contribution in [-0.2, 0) is 10.0 Å². The first kappa shape index (κ1) is 15.3. The molecule has 1 fully saturated rings. The van der Waals surface area contributed by atoms with Gasteiger partial charge < -0.3 is 10.6 Å². The zero-order valence-electron chi connectivity index (χ0n) is 12.1. The third-order valence-electron chi connectivity index (χ3n) is 3.83. The van der Waals surface area contributed by atoms with E-state index >= 15 is 0 Å². The van der Waals surface area contributed by atoms with Crippen molar-refractivity contribution in [3.05, 3.63) is 24.3 Å². The number of piperidine rings is 1. The minimum atomic E-state index is -3.34. The zero-order chi connectivity index (χ0) is 14.8. The van der Waals surface area contributed by atoms with Crippen molar-refractivity contribution in [2.45, 2.75) is 17.7 Å². The Kier molecular flexibility index (Phi) is 4.67. The molecule has 1 aliphatic rings. The van der Waals surface area contributed by atoms with Gasteiger partial charge in [0.15, 0.2) is 0 Å². The van der Waals surface area contributed by atoms with Crippen LogP contribution in [0, 0.1) is 5.92 Å². The van der Waals surface area contributed by atoms with E-state index in [4.69, 9.17) is 5.73 Å². The molecule has 1 saturated heterocycles. The molecule has 2 rings (SSSR count). The molecule has 1 aromatic rings. The van der Waals surface area contributed by atoms with Crippen LogP contribution < -0.4 is 10.6 Å². The van der Waals surface area contributed by atoms with Gasteiger partial charge in [0.2, 0.25) is 10.0 Å². The smallest absolute Gasteiger partial charge is 0.242 e.